The van der Waals surface area contributed by atoms with Crippen molar-refractivity contribution in [2.45, 2.75) is 19.4 Å². The first-order chi connectivity index (χ1) is 6.08. The molecule has 0 radical (unpaired) electrons. The highest BCUT2D eigenvalue weighted by Crippen LogP contribution is 2.07. The normalized spacial score (nSPS) is 13.2. The average molecular weight is 189 g/mol. The van der Waals surface area contributed by atoms with E-state index < -0.39 is 5.60 Å². The minimum Gasteiger partial charge on any atom is -0.383 e. The van der Waals surface area contributed by atoms with Crippen LogP contribution in [-0.2, 0) is 9.47 Å². The predicted molar refractivity (Wildman–Crippen MR) is 52.6 cm³/mol. The van der Waals surface area contributed by atoms with Gasteiger partial charge < -0.3 is 14.9 Å². The number of hydrogen-bond donors (Lipinski definition) is 2. The quantitative estimate of drug-likeness (QED) is 0.209. The summed E-state index contributed by atoms with van der Waals surface area (Å²) in [4.78, 5) is 4.20. The molecule has 0 bridgehead atoms. The van der Waals surface area contributed by atoms with Crippen molar-refractivity contribution in [1.82, 2.24) is 5.43 Å². The Morgan fingerprint density at radius 1 is 1.46 bits per heavy atom. The summed E-state index contributed by atoms with van der Waals surface area (Å²) in [6, 6.07) is 0. The second kappa shape index (κ2) is 5.90. The van der Waals surface area contributed by atoms with Gasteiger partial charge in [-0.05, 0) is 13.8 Å². The van der Waals surface area contributed by atoms with Crippen molar-refractivity contribution < 1.29 is 9.47 Å². The van der Waals surface area contributed by atoms with Crippen molar-refractivity contribution in [3.63, 3.8) is 0 Å². The fraction of sp³-hybridized carbons (Fsp3) is 0.875. The van der Waals surface area contributed by atoms with E-state index >= 15 is 0 Å². The zero-order valence-electron chi connectivity index (χ0n) is 8.76. The first-order valence-electron chi connectivity index (χ1n) is 4.14. The number of methoxy groups -OCH3 is 2. The topological polar surface area (TPSA) is 68.9 Å². The Bertz CT molecular complexity index is 169. The number of rotatable bonds is 5. The van der Waals surface area contributed by atoms with Crippen molar-refractivity contribution in [3.05, 3.63) is 0 Å². The van der Waals surface area contributed by atoms with Gasteiger partial charge in [0.1, 0.15) is 11.4 Å². The maximum Gasteiger partial charge on any atom is 0.143 e. The number of amidine groups is 1. The molecule has 0 heterocycles. The number of ether oxygens (including phenoxy) is 2. The number of nitrogens with one attached hydrogen (secondary N) is 1. The lowest BCUT2D eigenvalue weighted by atomic mass is 10.1. The van der Waals surface area contributed by atoms with E-state index in [4.69, 9.17) is 15.3 Å². The number of aliphatic imine (C=N–C) groups is 1. The summed E-state index contributed by atoms with van der Waals surface area (Å²) < 4.78 is 10.1. The van der Waals surface area contributed by atoms with E-state index in [2.05, 4.69) is 10.4 Å². The fourth-order valence-corrected chi connectivity index (χ4v) is 0.755. The van der Waals surface area contributed by atoms with Crippen molar-refractivity contribution in [1.29, 1.82) is 0 Å². The van der Waals surface area contributed by atoms with Crippen molar-refractivity contribution in [3.8, 4) is 0 Å². The van der Waals surface area contributed by atoms with Crippen LogP contribution in [0.2, 0.25) is 0 Å². The van der Waals surface area contributed by atoms with E-state index in [1.165, 1.54) is 0 Å². The molecule has 0 aromatic heterocycles. The van der Waals surface area contributed by atoms with Gasteiger partial charge in [-0.3, -0.25) is 4.99 Å². The molecule has 0 aliphatic rings. The number of hydrazine groups is 1. The smallest absolute Gasteiger partial charge is 0.143 e. The Kier molecular flexibility index (Phi) is 5.61. The van der Waals surface area contributed by atoms with Crippen LogP contribution in [0.15, 0.2) is 4.99 Å². The van der Waals surface area contributed by atoms with Gasteiger partial charge in [0.15, 0.2) is 0 Å². The Labute approximate surface area is 79.3 Å². The average Bonchev–Trinajstić information content (AvgIpc) is 2.12. The molecule has 78 valence electrons. The molecule has 0 fully saturated rings. The second-order valence-electron chi connectivity index (χ2n) is 3.08. The van der Waals surface area contributed by atoms with Gasteiger partial charge in [0.05, 0.1) is 13.2 Å². The molecule has 5 heteroatoms. The van der Waals surface area contributed by atoms with Gasteiger partial charge in [0.25, 0.3) is 0 Å². The van der Waals surface area contributed by atoms with E-state index in [9.17, 15) is 0 Å². The summed E-state index contributed by atoms with van der Waals surface area (Å²) in [5.41, 5.74) is 2.04. The van der Waals surface area contributed by atoms with Crippen LogP contribution in [0, 0.1) is 0 Å². The molecule has 0 saturated heterocycles. The monoisotopic (exact) mass is 189 g/mol. The highest BCUT2D eigenvalue weighted by atomic mass is 16.5. The van der Waals surface area contributed by atoms with Gasteiger partial charge in [-0.1, -0.05) is 0 Å². The van der Waals surface area contributed by atoms with Crippen LogP contribution in [0.3, 0.4) is 0 Å². The molecule has 0 spiro atoms. The summed E-state index contributed by atoms with van der Waals surface area (Å²) in [7, 11) is 3.25. The lowest BCUT2D eigenvalue weighted by Crippen LogP contribution is -2.47. The van der Waals surface area contributed by atoms with Gasteiger partial charge >= 0.3 is 0 Å². The molecule has 13 heavy (non-hydrogen) atoms. The number of hydrogen-bond acceptors (Lipinski definition) is 4. The zero-order chi connectivity index (χ0) is 10.3. The molecule has 0 aliphatic carbocycles. The molecule has 0 unspecified atom stereocenters. The molecule has 5 nitrogen and oxygen atoms in total. The maximum atomic E-state index is 5.32. The summed E-state index contributed by atoms with van der Waals surface area (Å²) in [5, 5.41) is 0. The van der Waals surface area contributed by atoms with Gasteiger partial charge in [-0.15, -0.1) is 0 Å². The van der Waals surface area contributed by atoms with Crippen LogP contribution in [-0.4, -0.2) is 38.8 Å². The Morgan fingerprint density at radius 3 is 2.46 bits per heavy atom. The Hall–Kier alpha value is -0.650. The predicted octanol–water partition coefficient (Wildman–Crippen LogP) is -0.0804. The molecular weight excluding hydrogens is 170 g/mol. The summed E-state index contributed by atoms with van der Waals surface area (Å²) >= 11 is 0. The molecule has 0 aromatic carbocycles. The van der Waals surface area contributed by atoms with Crippen LogP contribution < -0.4 is 11.3 Å². The lowest BCUT2D eigenvalue weighted by molar-refractivity contribution is 0.0792. The van der Waals surface area contributed by atoms with Crippen LogP contribution in [0.4, 0.5) is 0 Å². The largest absolute Gasteiger partial charge is 0.383 e. The van der Waals surface area contributed by atoms with E-state index in [0.29, 0.717) is 19.0 Å². The van der Waals surface area contributed by atoms with E-state index in [0.717, 1.165) is 0 Å². The highest BCUT2D eigenvalue weighted by molar-refractivity contribution is 5.89. The van der Waals surface area contributed by atoms with Gasteiger partial charge in [-0.25, -0.2) is 5.84 Å². The second-order valence-corrected chi connectivity index (χ2v) is 3.08. The summed E-state index contributed by atoms with van der Waals surface area (Å²) in [6.45, 7) is 4.92. The Balaban J connectivity index is 4.22. The van der Waals surface area contributed by atoms with E-state index in [-0.39, 0.29) is 0 Å². The van der Waals surface area contributed by atoms with Crippen LogP contribution in [0.25, 0.3) is 0 Å². The Morgan fingerprint density at radius 2 is 2.08 bits per heavy atom. The molecule has 0 rings (SSSR count). The molecule has 0 aromatic rings. The summed E-state index contributed by atoms with van der Waals surface area (Å²) in [5.74, 6) is 5.93. The number of nitrogens with zero attached hydrogens (tertiary/aromatic N) is 1. The third-order valence-corrected chi connectivity index (χ3v) is 1.78. The standard InChI is InChI=1S/C8H19N3O2/c1-8(2,13-4)7(11-9)10-5-6-12-3/h5-6,9H2,1-4H3,(H,10,11). The number of nitrogens with two attached hydrogens (primary N) is 1. The minimum absolute atomic E-state index is 0.484. The van der Waals surface area contributed by atoms with Gasteiger partial charge in [0.2, 0.25) is 0 Å². The first kappa shape index (κ1) is 12.3. The van der Waals surface area contributed by atoms with E-state index in [1.807, 2.05) is 13.8 Å². The molecule has 0 amide bonds. The molecule has 0 atom stereocenters. The highest BCUT2D eigenvalue weighted by Gasteiger charge is 2.23. The lowest BCUT2D eigenvalue weighted by Gasteiger charge is -2.24. The molecular formula is C8H19N3O2. The first-order valence-corrected chi connectivity index (χ1v) is 4.14. The van der Waals surface area contributed by atoms with Gasteiger partial charge in [0, 0.05) is 14.2 Å². The van der Waals surface area contributed by atoms with Crippen molar-refractivity contribution in [2.24, 2.45) is 10.8 Å². The van der Waals surface area contributed by atoms with Crippen molar-refractivity contribution in [2.75, 3.05) is 27.4 Å². The van der Waals surface area contributed by atoms with Crippen LogP contribution in [0.1, 0.15) is 13.8 Å². The van der Waals surface area contributed by atoms with Crippen LogP contribution >= 0.6 is 0 Å². The third-order valence-electron chi connectivity index (χ3n) is 1.78. The van der Waals surface area contributed by atoms with Gasteiger partial charge in [-0.2, -0.15) is 0 Å². The molecule has 3 N–H and O–H groups in total. The van der Waals surface area contributed by atoms with E-state index in [1.54, 1.807) is 14.2 Å². The molecule has 0 aliphatic heterocycles. The van der Waals surface area contributed by atoms with Crippen LogP contribution in [0.5, 0.6) is 0 Å². The molecule has 0 saturated carbocycles. The summed E-state index contributed by atoms with van der Waals surface area (Å²) in [6.07, 6.45) is 0. The SMILES string of the molecule is COCCN=C(NN)C(C)(C)OC. The zero-order valence-corrected chi connectivity index (χ0v) is 8.76. The minimum atomic E-state index is -0.484. The maximum absolute atomic E-state index is 5.32. The third kappa shape index (κ3) is 4.21. The van der Waals surface area contributed by atoms with Crippen molar-refractivity contribution >= 4 is 5.84 Å². The fourth-order valence-electron chi connectivity index (χ4n) is 0.755.